The Kier molecular flexibility index (Phi) is 8.77. The first-order chi connectivity index (χ1) is 14.2. The van der Waals surface area contributed by atoms with E-state index in [0.717, 1.165) is 64.7 Å². The molecule has 1 saturated carbocycles. The lowest BCUT2D eigenvalue weighted by Crippen LogP contribution is -2.49. The molecule has 2 aliphatic heterocycles. The van der Waals surface area contributed by atoms with Gasteiger partial charge in [0.05, 0.1) is 13.2 Å². The lowest BCUT2D eigenvalue weighted by molar-refractivity contribution is 0.0194. The second-order valence-electron chi connectivity index (χ2n) is 8.79. The van der Waals surface area contributed by atoms with Crippen LogP contribution >= 0.6 is 24.0 Å². The zero-order chi connectivity index (χ0) is 20.1. The van der Waals surface area contributed by atoms with Gasteiger partial charge in [-0.15, -0.1) is 24.0 Å². The van der Waals surface area contributed by atoms with E-state index in [-0.39, 0.29) is 35.2 Å². The zero-order valence-corrected chi connectivity index (χ0v) is 20.4. The first-order valence-electron chi connectivity index (χ1n) is 11.2. The largest absolute Gasteiger partial charge is 0.379 e. The van der Waals surface area contributed by atoms with E-state index in [1.807, 2.05) is 19.2 Å². The number of ether oxygens (including phenoxy) is 1. The average Bonchev–Trinajstić information content (AvgIpc) is 3.26. The number of guanidine groups is 1. The van der Waals surface area contributed by atoms with Crippen molar-refractivity contribution < 1.29 is 9.13 Å². The van der Waals surface area contributed by atoms with Crippen molar-refractivity contribution in [3.8, 4) is 0 Å². The van der Waals surface area contributed by atoms with Crippen molar-refractivity contribution in [2.24, 2.45) is 4.99 Å². The van der Waals surface area contributed by atoms with Crippen molar-refractivity contribution in [2.45, 2.75) is 50.0 Å². The highest BCUT2D eigenvalue weighted by Gasteiger charge is 2.35. The van der Waals surface area contributed by atoms with Crippen LogP contribution in [0.3, 0.4) is 0 Å². The monoisotopic (exact) mass is 530 g/mol. The smallest absolute Gasteiger partial charge is 0.193 e. The van der Waals surface area contributed by atoms with Crippen molar-refractivity contribution in [1.82, 2.24) is 15.1 Å². The summed E-state index contributed by atoms with van der Waals surface area (Å²) in [6, 6.07) is 7.77. The molecule has 168 valence electrons. The normalized spacial score (nSPS) is 25.1. The van der Waals surface area contributed by atoms with Gasteiger partial charge in [-0.05, 0) is 37.0 Å². The van der Waals surface area contributed by atoms with Gasteiger partial charge < -0.3 is 15.0 Å². The quantitative estimate of drug-likeness (QED) is 0.367. The van der Waals surface area contributed by atoms with E-state index in [1.54, 1.807) is 12.1 Å². The summed E-state index contributed by atoms with van der Waals surface area (Å²) in [5.41, 5.74) is 1.33. The summed E-state index contributed by atoms with van der Waals surface area (Å²) in [5, 5.41) is 3.70. The second-order valence-corrected chi connectivity index (χ2v) is 8.79. The third-order valence-electron chi connectivity index (χ3n) is 7.09. The van der Waals surface area contributed by atoms with Gasteiger partial charge in [-0.25, -0.2) is 4.39 Å². The van der Waals surface area contributed by atoms with Crippen LogP contribution < -0.4 is 5.32 Å². The molecule has 30 heavy (non-hydrogen) atoms. The van der Waals surface area contributed by atoms with E-state index < -0.39 is 0 Å². The summed E-state index contributed by atoms with van der Waals surface area (Å²) in [6.45, 7) is 6.72. The fraction of sp³-hybridized carbons (Fsp3) is 0.696. The van der Waals surface area contributed by atoms with E-state index in [0.29, 0.717) is 6.04 Å². The van der Waals surface area contributed by atoms with Crippen LogP contribution in [0.4, 0.5) is 4.39 Å². The molecule has 1 unspecified atom stereocenters. The van der Waals surface area contributed by atoms with Crippen LogP contribution in [-0.4, -0.2) is 74.8 Å². The molecule has 3 aliphatic rings. The Balaban J connectivity index is 0.00000256. The highest BCUT2D eigenvalue weighted by atomic mass is 127. The summed E-state index contributed by atoms with van der Waals surface area (Å²) in [6.07, 6.45) is 7.26. The minimum absolute atomic E-state index is 0. The van der Waals surface area contributed by atoms with Gasteiger partial charge >= 0.3 is 0 Å². The molecule has 3 fully saturated rings. The van der Waals surface area contributed by atoms with Gasteiger partial charge in [-0.2, -0.15) is 0 Å². The van der Waals surface area contributed by atoms with Gasteiger partial charge in [0.25, 0.3) is 0 Å². The molecule has 0 bridgehead atoms. The highest BCUT2D eigenvalue weighted by Crippen LogP contribution is 2.39. The maximum Gasteiger partial charge on any atom is 0.193 e. The van der Waals surface area contributed by atoms with Crippen molar-refractivity contribution in [1.29, 1.82) is 0 Å². The molecule has 1 aromatic carbocycles. The van der Waals surface area contributed by atoms with Gasteiger partial charge in [-0.1, -0.05) is 31.4 Å². The number of nitrogens with zero attached hydrogens (tertiary/aromatic N) is 3. The Morgan fingerprint density at radius 1 is 1.13 bits per heavy atom. The van der Waals surface area contributed by atoms with Gasteiger partial charge in [0.15, 0.2) is 5.96 Å². The van der Waals surface area contributed by atoms with Gasteiger partial charge in [0.1, 0.15) is 5.82 Å². The molecule has 2 heterocycles. The van der Waals surface area contributed by atoms with Gasteiger partial charge in [0, 0.05) is 51.2 Å². The number of nitrogens with one attached hydrogen (secondary N) is 1. The molecule has 1 N–H and O–H groups in total. The molecule has 2 saturated heterocycles. The summed E-state index contributed by atoms with van der Waals surface area (Å²) < 4.78 is 19.0. The number of likely N-dealkylation sites (tertiary alicyclic amines) is 1. The minimum Gasteiger partial charge on any atom is -0.379 e. The molecule has 1 aliphatic carbocycles. The molecule has 0 radical (unpaired) electrons. The molecule has 7 heteroatoms. The first-order valence-corrected chi connectivity index (χ1v) is 11.2. The van der Waals surface area contributed by atoms with Crippen molar-refractivity contribution in [3.63, 3.8) is 0 Å². The number of morpholine rings is 1. The Hall–Kier alpha value is -0.930. The highest BCUT2D eigenvalue weighted by molar-refractivity contribution is 14.0. The summed E-state index contributed by atoms with van der Waals surface area (Å²) >= 11 is 0. The Labute approximate surface area is 197 Å². The topological polar surface area (TPSA) is 40.1 Å². The van der Waals surface area contributed by atoms with Crippen LogP contribution in [0.2, 0.25) is 0 Å². The van der Waals surface area contributed by atoms with Crippen LogP contribution in [0.5, 0.6) is 0 Å². The molecule has 1 atom stereocenters. The minimum atomic E-state index is -0.158. The van der Waals surface area contributed by atoms with Crippen molar-refractivity contribution >= 4 is 29.9 Å². The van der Waals surface area contributed by atoms with E-state index in [2.05, 4.69) is 20.1 Å². The lowest BCUT2D eigenvalue weighted by Gasteiger charge is -2.39. The number of halogens is 2. The van der Waals surface area contributed by atoms with Gasteiger partial charge in [0.2, 0.25) is 0 Å². The molecule has 4 rings (SSSR count). The number of aliphatic imine (C=N–C) groups is 1. The van der Waals surface area contributed by atoms with Crippen LogP contribution in [-0.2, 0) is 10.2 Å². The second kappa shape index (κ2) is 11.1. The molecular formula is C23H36FIN4O. The number of benzene rings is 1. The number of rotatable bonds is 4. The van der Waals surface area contributed by atoms with Crippen molar-refractivity contribution in [2.75, 3.05) is 53.0 Å². The molecule has 1 aromatic rings. The number of hydrogen-bond acceptors (Lipinski definition) is 3. The van der Waals surface area contributed by atoms with Crippen LogP contribution in [0, 0.1) is 5.82 Å². The molecular weight excluding hydrogens is 494 g/mol. The van der Waals surface area contributed by atoms with Crippen LogP contribution in [0.15, 0.2) is 29.3 Å². The van der Waals surface area contributed by atoms with E-state index in [4.69, 9.17) is 4.74 Å². The van der Waals surface area contributed by atoms with E-state index in [1.165, 1.54) is 31.2 Å². The predicted molar refractivity (Wildman–Crippen MR) is 130 cm³/mol. The Morgan fingerprint density at radius 2 is 1.83 bits per heavy atom. The lowest BCUT2D eigenvalue weighted by atomic mass is 9.69. The molecule has 0 spiro atoms. The SMILES string of the molecule is CN=C(NCC1(c2ccc(F)cc2)CCCCC1)N1CCC(N2CCOCC2)C1.I. The number of hydrogen-bond donors (Lipinski definition) is 1. The third kappa shape index (κ3) is 5.46. The fourth-order valence-electron chi connectivity index (χ4n) is 5.35. The summed E-state index contributed by atoms with van der Waals surface area (Å²) in [5.74, 6) is 0.850. The maximum atomic E-state index is 13.5. The Bertz CT molecular complexity index is 687. The predicted octanol–water partition coefficient (Wildman–Crippen LogP) is 3.63. The van der Waals surface area contributed by atoms with Gasteiger partial charge in [-0.3, -0.25) is 9.89 Å². The van der Waals surface area contributed by atoms with Crippen molar-refractivity contribution in [3.05, 3.63) is 35.6 Å². The summed E-state index contributed by atoms with van der Waals surface area (Å²) in [7, 11) is 1.88. The Morgan fingerprint density at radius 3 is 2.50 bits per heavy atom. The molecule has 0 amide bonds. The maximum absolute atomic E-state index is 13.5. The zero-order valence-electron chi connectivity index (χ0n) is 18.1. The average molecular weight is 530 g/mol. The molecule has 5 nitrogen and oxygen atoms in total. The third-order valence-corrected chi connectivity index (χ3v) is 7.09. The fourth-order valence-corrected chi connectivity index (χ4v) is 5.35. The van der Waals surface area contributed by atoms with E-state index >= 15 is 0 Å². The van der Waals surface area contributed by atoms with Crippen LogP contribution in [0.1, 0.15) is 44.1 Å². The summed E-state index contributed by atoms with van der Waals surface area (Å²) in [4.78, 5) is 9.57. The van der Waals surface area contributed by atoms with Crippen LogP contribution in [0.25, 0.3) is 0 Å². The molecule has 0 aromatic heterocycles. The standard InChI is InChI=1S/C23H35FN4O.HI/c1-25-22(28-12-9-21(17-28)27-13-15-29-16-14-27)26-18-23(10-3-2-4-11-23)19-5-7-20(24)8-6-19;/h5-8,21H,2-4,9-18H2,1H3,(H,25,26);1H. The first kappa shape index (κ1) is 23.7. The van der Waals surface area contributed by atoms with E-state index in [9.17, 15) is 4.39 Å².